The van der Waals surface area contributed by atoms with Crippen molar-refractivity contribution in [1.82, 2.24) is 29.4 Å². The first-order chi connectivity index (χ1) is 12.3. The molecule has 0 atom stereocenters. The van der Waals surface area contributed by atoms with Crippen LogP contribution < -0.4 is 0 Å². The van der Waals surface area contributed by atoms with Crippen LogP contribution in [-0.4, -0.2) is 72.0 Å². The zero-order valence-electron chi connectivity index (χ0n) is 14.4. The van der Waals surface area contributed by atoms with Gasteiger partial charge < -0.3 is 14.8 Å². The number of hydrogen-bond acceptors (Lipinski definition) is 6. The molecule has 0 radical (unpaired) electrons. The van der Waals surface area contributed by atoms with Gasteiger partial charge in [0.1, 0.15) is 12.4 Å². The van der Waals surface area contributed by atoms with Gasteiger partial charge in [0.05, 0.1) is 19.3 Å². The zero-order valence-corrected chi connectivity index (χ0v) is 14.4. The standard InChI is InChI=1S/C17H26N6O2/c24-11-15(12-25)21-8-4-13(5-9-21)17-20-19-16(23(17)14-2-3-14)10-22-7-1-6-18-22/h1,6-7,13-15,24-25H,2-5,8-12H2. The lowest BCUT2D eigenvalue weighted by atomic mass is 9.95. The highest BCUT2D eigenvalue weighted by Crippen LogP contribution is 2.40. The van der Waals surface area contributed by atoms with Crippen molar-refractivity contribution in [3.63, 3.8) is 0 Å². The summed E-state index contributed by atoms with van der Waals surface area (Å²) in [5.74, 6) is 2.50. The second kappa shape index (κ2) is 7.23. The first-order valence-electron chi connectivity index (χ1n) is 9.17. The Kier molecular flexibility index (Phi) is 4.82. The van der Waals surface area contributed by atoms with Crippen molar-refractivity contribution in [1.29, 1.82) is 0 Å². The van der Waals surface area contributed by atoms with E-state index in [2.05, 4.69) is 24.8 Å². The van der Waals surface area contributed by atoms with Gasteiger partial charge in [-0.15, -0.1) is 10.2 Å². The Morgan fingerprint density at radius 2 is 1.84 bits per heavy atom. The summed E-state index contributed by atoms with van der Waals surface area (Å²) in [6.07, 6.45) is 8.12. The predicted octanol–water partition coefficient (Wildman–Crippen LogP) is 0.390. The molecule has 4 rings (SSSR count). The Bertz CT molecular complexity index is 669. The SMILES string of the molecule is OCC(CO)N1CCC(c2nnc(Cn3cccn3)n2C2CC2)CC1. The number of aliphatic hydroxyl groups excluding tert-OH is 2. The van der Waals surface area contributed by atoms with Gasteiger partial charge >= 0.3 is 0 Å². The minimum atomic E-state index is -0.141. The molecule has 0 spiro atoms. The highest BCUT2D eigenvalue weighted by atomic mass is 16.3. The molecule has 2 fully saturated rings. The molecule has 136 valence electrons. The molecule has 3 heterocycles. The molecular weight excluding hydrogens is 320 g/mol. The minimum Gasteiger partial charge on any atom is -0.395 e. The van der Waals surface area contributed by atoms with Crippen molar-refractivity contribution in [2.45, 2.75) is 50.2 Å². The van der Waals surface area contributed by atoms with E-state index in [-0.39, 0.29) is 19.3 Å². The molecule has 25 heavy (non-hydrogen) atoms. The summed E-state index contributed by atoms with van der Waals surface area (Å²) < 4.78 is 4.24. The third kappa shape index (κ3) is 3.47. The van der Waals surface area contributed by atoms with Gasteiger partial charge in [0.2, 0.25) is 0 Å². The number of aliphatic hydroxyl groups is 2. The first kappa shape index (κ1) is 16.7. The monoisotopic (exact) mass is 346 g/mol. The molecule has 0 amide bonds. The Labute approximate surface area is 147 Å². The molecule has 8 nitrogen and oxygen atoms in total. The van der Waals surface area contributed by atoms with Crippen molar-refractivity contribution in [2.75, 3.05) is 26.3 Å². The molecule has 2 aromatic heterocycles. The topological polar surface area (TPSA) is 92.2 Å². The number of hydrogen-bond donors (Lipinski definition) is 2. The molecule has 1 aliphatic carbocycles. The van der Waals surface area contributed by atoms with E-state index in [1.165, 1.54) is 12.8 Å². The Hall–Kier alpha value is -1.77. The summed E-state index contributed by atoms with van der Waals surface area (Å²) in [5, 5.41) is 32.1. The van der Waals surface area contributed by atoms with Crippen LogP contribution in [0.2, 0.25) is 0 Å². The Morgan fingerprint density at radius 1 is 1.08 bits per heavy atom. The number of piperidine rings is 1. The summed E-state index contributed by atoms with van der Waals surface area (Å²) in [5.41, 5.74) is 0. The summed E-state index contributed by atoms with van der Waals surface area (Å²) in [4.78, 5) is 2.18. The Morgan fingerprint density at radius 3 is 2.44 bits per heavy atom. The molecule has 2 aliphatic rings. The normalized spacial score (nSPS) is 19.8. The highest BCUT2D eigenvalue weighted by Gasteiger charge is 2.34. The van der Waals surface area contributed by atoms with E-state index >= 15 is 0 Å². The van der Waals surface area contributed by atoms with Gasteiger partial charge in [0.25, 0.3) is 0 Å². The quantitative estimate of drug-likeness (QED) is 0.753. The van der Waals surface area contributed by atoms with E-state index in [1.54, 1.807) is 6.20 Å². The molecular formula is C17H26N6O2. The van der Waals surface area contributed by atoms with Gasteiger partial charge in [-0.2, -0.15) is 5.10 Å². The second-order valence-electron chi connectivity index (χ2n) is 7.11. The maximum atomic E-state index is 9.38. The van der Waals surface area contributed by atoms with E-state index in [4.69, 9.17) is 0 Å². The average molecular weight is 346 g/mol. The fraction of sp³-hybridized carbons (Fsp3) is 0.706. The van der Waals surface area contributed by atoms with Gasteiger partial charge in [-0.05, 0) is 44.8 Å². The lowest BCUT2D eigenvalue weighted by Crippen LogP contribution is -2.45. The van der Waals surface area contributed by atoms with Crippen LogP contribution in [0.4, 0.5) is 0 Å². The molecule has 1 saturated carbocycles. The first-order valence-corrected chi connectivity index (χ1v) is 9.17. The van der Waals surface area contributed by atoms with Crippen LogP contribution in [0.25, 0.3) is 0 Å². The number of aromatic nitrogens is 5. The molecule has 2 aromatic rings. The summed E-state index contributed by atoms with van der Waals surface area (Å²) >= 11 is 0. The largest absolute Gasteiger partial charge is 0.395 e. The Balaban J connectivity index is 1.48. The van der Waals surface area contributed by atoms with Crippen molar-refractivity contribution >= 4 is 0 Å². The summed E-state index contributed by atoms with van der Waals surface area (Å²) in [6.45, 7) is 2.43. The molecule has 0 unspecified atom stereocenters. The van der Waals surface area contributed by atoms with Crippen LogP contribution in [-0.2, 0) is 6.54 Å². The molecule has 1 saturated heterocycles. The van der Waals surface area contributed by atoms with E-state index in [9.17, 15) is 10.2 Å². The third-order valence-corrected chi connectivity index (χ3v) is 5.40. The van der Waals surface area contributed by atoms with E-state index < -0.39 is 0 Å². The van der Waals surface area contributed by atoms with Gasteiger partial charge in [-0.25, -0.2) is 0 Å². The number of likely N-dealkylation sites (tertiary alicyclic amines) is 1. The lowest BCUT2D eigenvalue weighted by molar-refractivity contribution is 0.0560. The molecule has 1 aliphatic heterocycles. The van der Waals surface area contributed by atoms with E-state index in [1.807, 2.05) is 16.9 Å². The van der Waals surface area contributed by atoms with Crippen LogP contribution in [0.5, 0.6) is 0 Å². The average Bonchev–Trinajstić information content (AvgIpc) is 3.18. The number of nitrogens with zero attached hydrogens (tertiary/aromatic N) is 6. The molecule has 0 bridgehead atoms. The molecule has 8 heteroatoms. The van der Waals surface area contributed by atoms with Crippen molar-refractivity contribution in [3.05, 3.63) is 30.1 Å². The third-order valence-electron chi connectivity index (χ3n) is 5.40. The van der Waals surface area contributed by atoms with Crippen LogP contribution in [0.15, 0.2) is 18.5 Å². The zero-order chi connectivity index (χ0) is 17.2. The number of rotatable bonds is 7. The van der Waals surface area contributed by atoms with E-state index in [0.29, 0.717) is 18.5 Å². The fourth-order valence-corrected chi connectivity index (χ4v) is 3.80. The second-order valence-corrected chi connectivity index (χ2v) is 7.11. The van der Waals surface area contributed by atoms with Gasteiger partial charge in [0, 0.05) is 24.4 Å². The van der Waals surface area contributed by atoms with Crippen LogP contribution in [0.1, 0.15) is 49.3 Å². The van der Waals surface area contributed by atoms with Crippen molar-refractivity contribution < 1.29 is 10.2 Å². The minimum absolute atomic E-state index is 0.00738. The molecule has 2 N–H and O–H groups in total. The lowest BCUT2D eigenvalue weighted by Gasteiger charge is -2.35. The maximum absolute atomic E-state index is 9.38. The van der Waals surface area contributed by atoms with Gasteiger partial charge in [0.15, 0.2) is 5.82 Å². The van der Waals surface area contributed by atoms with Crippen LogP contribution in [0, 0.1) is 0 Å². The molecule has 0 aromatic carbocycles. The highest BCUT2D eigenvalue weighted by molar-refractivity contribution is 5.09. The summed E-state index contributed by atoms with van der Waals surface area (Å²) in [7, 11) is 0. The smallest absolute Gasteiger partial charge is 0.155 e. The van der Waals surface area contributed by atoms with Crippen molar-refractivity contribution in [2.24, 2.45) is 0 Å². The van der Waals surface area contributed by atoms with Crippen molar-refractivity contribution in [3.8, 4) is 0 Å². The van der Waals surface area contributed by atoms with Crippen LogP contribution in [0.3, 0.4) is 0 Å². The fourth-order valence-electron chi connectivity index (χ4n) is 3.80. The summed E-state index contributed by atoms with van der Waals surface area (Å²) in [6, 6.07) is 2.32. The predicted molar refractivity (Wildman–Crippen MR) is 91.1 cm³/mol. The maximum Gasteiger partial charge on any atom is 0.155 e. The van der Waals surface area contributed by atoms with E-state index in [0.717, 1.165) is 37.6 Å². The van der Waals surface area contributed by atoms with Gasteiger partial charge in [-0.3, -0.25) is 9.58 Å². The van der Waals surface area contributed by atoms with Crippen LogP contribution >= 0.6 is 0 Å². The van der Waals surface area contributed by atoms with Gasteiger partial charge in [-0.1, -0.05) is 0 Å².